The quantitative estimate of drug-likeness (QED) is 0.425. The van der Waals surface area contributed by atoms with Crippen molar-refractivity contribution in [3.05, 3.63) is 30.3 Å². The number of isocyanates is 1. The fourth-order valence-corrected chi connectivity index (χ4v) is 3.63. The molecule has 0 radical (unpaired) electrons. The second-order valence-electron chi connectivity index (χ2n) is 3.02. The Balaban J connectivity index is 3.14. The molecule has 0 fully saturated rings. The molecule has 0 unspecified atom stereocenters. The molecule has 0 bridgehead atoms. The van der Waals surface area contributed by atoms with Gasteiger partial charge in [0.1, 0.15) is 0 Å². The molecule has 5 heteroatoms. The zero-order valence-corrected chi connectivity index (χ0v) is 10.5. The van der Waals surface area contributed by atoms with Gasteiger partial charge in [0.05, 0.1) is 0 Å². The first kappa shape index (κ1) is 12.8. The molecule has 1 aromatic carbocycles. The lowest BCUT2D eigenvalue weighted by atomic mass is 10.4. The molecule has 0 saturated carbocycles. The minimum atomic E-state index is -2.97. The van der Waals surface area contributed by atoms with Crippen LogP contribution in [0.15, 0.2) is 35.0 Å². The molecule has 1 aromatic rings. The van der Waals surface area contributed by atoms with E-state index in [1.54, 1.807) is 6.08 Å². The predicted molar refractivity (Wildman–Crippen MR) is 63.2 cm³/mol. The summed E-state index contributed by atoms with van der Waals surface area (Å²) in [6.45, 7) is 4.60. The van der Waals surface area contributed by atoms with E-state index in [0.717, 1.165) is 5.19 Å². The summed E-state index contributed by atoms with van der Waals surface area (Å²) in [4.78, 5) is 10.5. The van der Waals surface area contributed by atoms with Crippen LogP contribution in [0.3, 0.4) is 0 Å². The van der Waals surface area contributed by atoms with Crippen molar-refractivity contribution in [3.63, 3.8) is 0 Å². The third-order valence-electron chi connectivity index (χ3n) is 2.01. The van der Waals surface area contributed by atoms with Crippen molar-refractivity contribution in [2.45, 2.75) is 13.8 Å². The summed E-state index contributed by atoms with van der Waals surface area (Å²) >= 11 is 0. The molecular formula is C11H15NO3Si. The molecule has 4 nitrogen and oxygen atoms in total. The molecule has 0 aliphatic rings. The average Bonchev–Trinajstić information content (AvgIpc) is 2.31. The lowest BCUT2D eigenvalue weighted by molar-refractivity contribution is 0.197. The minimum absolute atomic E-state index is 0.451. The number of carbonyl (C=O) groups excluding carboxylic acids is 1. The fourth-order valence-electron chi connectivity index (χ4n) is 1.44. The van der Waals surface area contributed by atoms with E-state index in [0.29, 0.717) is 13.2 Å². The van der Waals surface area contributed by atoms with Crippen LogP contribution >= 0.6 is 0 Å². The van der Waals surface area contributed by atoms with Gasteiger partial charge < -0.3 is 8.85 Å². The van der Waals surface area contributed by atoms with Crippen LogP contribution in [0.25, 0.3) is 0 Å². The monoisotopic (exact) mass is 237 g/mol. The minimum Gasteiger partial charge on any atom is -0.374 e. The Bertz CT molecular complexity index is 357. The topological polar surface area (TPSA) is 47.9 Å². The van der Waals surface area contributed by atoms with Gasteiger partial charge in [0, 0.05) is 18.4 Å². The Morgan fingerprint density at radius 2 is 1.75 bits per heavy atom. The van der Waals surface area contributed by atoms with Gasteiger partial charge in [0.25, 0.3) is 0 Å². The smallest absolute Gasteiger partial charge is 0.374 e. The lowest BCUT2D eigenvalue weighted by Crippen LogP contribution is -2.52. The molecule has 0 N–H and O–H groups in total. The van der Waals surface area contributed by atoms with Crippen molar-refractivity contribution >= 4 is 20.0 Å². The average molecular weight is 237 g/mol. The van der Waals surface area contributed by atoms with Crippen LogP contribution in [0.2, 0.25) is 0 Å². The molecule has 0 spiro atoms. The van der Waals surface area contributed by atoms with Gasteiger partial charge in [0.2, 0.25) is 6.08 Å². The fraction of sp³-hybridized carbons (Fsp3) is 0.364. The summed E-state index contributed by atoms with van der Waals surface area (Å²) in [6, 6.07) is 9.35. The van der Waals surface area contributed by atoms with Crippen LogP contribution in [0, 0.1) is 0 Å². The molecule has 0 amide bonds. The number of benzene rings is 1. The second-order valence-corrected chi connectivity index (χ2v) is 5.56. The summed E-state index contributed by atoms with van der Waals surface area (Å²) in [5.74, 6) is 0. The molecule has 0 saturated heterocycles. The van der Waals surface area contributed by atoms with Crippen molar-refractivity contribution in [2.24, 2.45) is 4.66 Å². The maximum absolute atomic E-state index is 10.5. The van der Waals surface area contributed by atoms with Gasteiger partial charge in [-0.25, -0.2) is 4.79 Å². The summed E-state index contributed by atoms with van der Waals surface area (Å²) in [5.41, 5.74) is 0. The van der Waals surface area contributed by atoms with Crippen LogP contribution in [0.1, 0.15) is 13.8 Å². The van der Waals surface area contributed by atoms with E-state index in [4.69, 9.17) is 8.85 Å². The molecule has 0 aromatic heterocycles. The summed E-state index contributed by atoms with van der Waals surface area (Å²) < 4.78 is 15.0. The third-order valence-corrected chi connectivity index (χ3v) is 4.82. The third kappa shape index (κ3) is 2.87. The SMILES string of the molecule is CCO[Si](N=C=O)(OCC)c1ccccc1. The van der Waals surface area contributed by atoms with Gasteiger partial charge in [-0.1, -0.05) is 30.3 Å². The second kappa shape index (κ2) is 6.35. The van der Waals surface area contributed by atoms with E-state index >= 15 is 0 Å². The van der Waals surface area contributed by atoms with Crippen LogP contribution in [0.4, 0.5) is 0 Å². The Hall–Kier alpha value is -1.26. The van der Waals surface area contributed by atoms with Crippen molar-refractivity contribution < 1.29 is 13.6 Å². The van der Waals surface area contributed by atoms with Crippen molar-refractivity contribution in [3.8, 4) is 0 Å². The molecule has 0 aliphatic carbocycles. The predicted octanol–water partition coefficient (Wildman–Crippen LogP) is 1.24. The van der Waals surface area contributed by atoms with Gasteiger partial charge in [0.15, 0.2) is 0 Å². The highest BCUT2D eigenvalue weighted by atomic mass is 28.4. The van der Waals surface area contributed by atoms with Crippen molar-refractivity contribution in [1.82, 2.24) is 0 Å². The van der Waals surface area contributed by atoms with Crippen LogP contribution in [0.5, 0.6) is 0 Å². The molecular weight excluding hydrogens is 222 g/mol. The van der Waals surface area contributed by atoms with Gasteiger partial charge in [-0.2, -0.15) is 4.66 Å². The molecule has 0 atom stereocenters. The van der Waals surface area contributed by atoms with Crippen LogP contribution < -0.4 is 5.19 Å². The van der Waals surface area contributed by atoms with E-state index < -0.39 is 8.72 Å². The Morgan fingerprint density at radius 1 is 1.19 bits per heavy atom. The number of rotatable bonds is 6. The van der Waals surface area contributed by atoms with E-state index in [2.05, 4.69) is 4.66 Å². The first-order valence-electron chi connectivity index (χ1n) is 5.21. The van der Waals surface area contributed by atoms with E-state index in [-0.39, 0.29) is 0 Å². The lowest BCUT2D eigenvalue weighted by Gasteiger charge is -2.23. The van der Waals surface area contributed by atoms with Gasteiger partial charge >= 0.3 is 8.72 Å². The molecule has 1 rings (SSSR count). The normalized spacial score (nSPS) is 10.9. The highest BCUT2D eigenvalue weighted by Crippen LogP contribution is 2.09. The van der Waals surface area contributed by atoms with Crippen LogP contribution in [-0.2, 0) is 13.6 Å². The van der Waals surface area contributed by atoms with E-state index in [1.807, 2.05) is 44.2 Å². The molecule has 0 heterocycles. The van der Waals surface area contributed by atoms with Gasteiger partial charge in [-0.15, -0.1) is 0 Å². The Kier molecular flexibility index (Phi) is 5.08. The van der Waals surface area contributed by atoms with E-state index in [1.165, 1.54) is 0 Å². The highest BCUT2D eigenvalue weighted by molar-refractivity contribution is 6.80. The largest absolute Gasteiger partial charge is 0.524 e. The number of hydrogen-bond donors (Lipinski definition) is 0. The maximum atomic E-state index is 10.5. The van der Waals surface area contributed by atoms with Crippen molar-refractivity contribution in [2.75, 3.05) is 13.2 Å². The molecule has 16 heavy (non-hydrogen) atoms. The zero-order valence-electron chi connectivity index (χ0n) is 9.47. The zero-order chi connectivity index (χ0) is 11.9. The van der Waals surface area contributed by atoms with Crippen LogP contribution in [-0.4, -0.2) is 28.0 Å². The molecule has 86 valence electrons. The van der Waals surface area contributed by atoms with Crippen molar-refractivity contribution in [1.29, 1.82) is 0 Å². The summed E-state index contributed by atoms with van der Waals surface area (Å²) in [6.07, 6.45) is 1.56. The van der Waals surface area contributed by atoms with Gasteiger partial charge in [-0.3, -0.25) is 0 Å². The summed E-state index contributed by atoms with van der Waals surface area (Å²) in [7, 11) is -2.97. The Morgan fingerprint density at radius 3 is 2.19 bits per heavy atom. The Labute approximate surface area is 96.2 Å². The number of hydrogen-bond acceptors (Lipinski definition) is 4. The standard InChI is InChI=1S/C11H15NO3Si/c1-3-14-16(12-10-13,15-4-2)11-8-6-5-7-9-11/h5-9H,3-4H2,1-2H3. The maximum Gasteiger partial charge on any atom is 0.524 e. The first-order chi connectivity index (χ1) is 7.79. The van der Waals surface area contributed by atoms with E-state index in [9.17, 15) is 4.79 Å². The molecule has 0 aliphatic heterocycles. The summed E-state index contributed by atoms with van der Waals surface area (Å²) in [5, 5.41) is 0.821. The van der Waals surface area contributed by atoms with Gasteiger partial charge in [-0.05, 0) is 13.8 Å². The number of nitrogens with zero attached hydrogens (tertiary/aromatic N) is 1. The first-order valence-corrected chi connectivity index (χ1v) is 6.98. The highest BCUT2D eigenvalue weighted by Gasteiger charge is 2.41.